The van der Waals surface area contributed by atoms with Gasteiger partial charge in [0.1, 0.15) is 5.75 Å². The molecule has 1 fully saturated rings. The molecular formula is C15H23ClN2O. The van der Waals surface area contributed by atoms with Crippen LogP contribution in [0, 0.1) is 0 Å². The van der Waals surface area contributed by atoms with Crippen molar-refractivity contribution >= 4 is 11.6 Å². The van der Waals surface area contributed by atoms with Crippen molar-refractivity contribution in [2.24, 2.45) is 0 Å². The molecule has 1 heterocycles. The van der Waals surface area contributed by atoms with Crippen LogP contribution in [0.3, 0.4) is 0 Å². The fraction of sp³-hybridized carbons (Fsp3) is 0.600. The number of aromatic hydroxyl groups is 1. The molecule has 19 heavy (non-hydrogen) atoms. The Morgan fingerprint density at radius 2 is 2.16 bits per heavy atom. The number of piperazine rings is 1. The zero-order valence-electron chi connectivity index (χ0n) is 11.9. The molecule has 3 nitrogen and oxygen atoms in total. The molecule has 2 rings (SSSR count). The molecule has 1 aliphatic heterocycles. The van der Waals surface area contributed by atoms with Crippen molar-refractivity contribution in [1.29, 1.82) is 0 Å². The van der Waals surface area contributed by atoms with Crippen LogP contribution in [-0.4, -0.2) is 47.1 Å². The van der Waals surface area contributed by atoms with Crippen molar-refractivity contribution in [3.63, 3.8) is 0 Å². The SMILES string of the molecule is CCN1CCN(C(C)c2cc(Cl)ccc2O)CC1C. The van der Waals surface area contributed by atoms with E-state index in [1.54, 1.807) is 12.1 Å². The second kappa shape index (κ2) is 6.12. The summed E-state index contributed by atoms with van der Waals surface area (Å²) in [5, 5.41) is 10.7. The lowest BCUT2D eigenvalue weighted by atomic mass is 10.0. The standard InChI is InChI=1S/C15H23ClN2O/c1-4-17-7-8-18(10-11(17)2)12(3)14-9-13(16)5-6-15(14)19/h5-6,9,11-12,19H,4,7-8,10H2,1-3H3. The molecule has 0 aliphatic carbocycles. The first kappa shape index (κ1) is 14.6. The van der Waals surface area contributed by atoms with Gasteiger partial charge in [-0.2, -0.15) is 0 Å². The highest BCUT2D eigenvalue weighted by molar-refractivity contribution is 6.30. The summed E-state index contributed by atoms with van der Waals surface area (Å²) in [5.74, 6) is 0.336. The number of nitrogens with zero attached hydrogens (tertiary/aromatic N) is 2. The van der Waals surface area contributed by atoms with Gasteiger partial charge in [-0.05, 0) is 38.6 Å². The van der Waals surface area contributed by atoms with E-state index in [0.29, 0.717) is 16.8 Å². The molecule has 1 aromatic carbocycles. The summed E-state index contributed by atoms with van der Waals surface area (Å²) in [5.41, 5.74) is 0.921. The molecule has 0 radical (unpaired) electrons. The van der Waals surface area contributed by atoms with E-state index in [1.807, 2.05) is 6.07 Å². The largest absolute Gasteiger partial charge is 0.508 e. The number of phenols is 1. The van der Waals surface area contributed by atoms with E-state index in [2.05, 4.69) is 30.6 Å². The summed E-state index contributed by atoms with van der Waals surface area (Å²) in [7, 11) is 0. The van der Waals surface area contributed by atoms with Crippen molar-refractivity contribution in [2.45, 2.75) is 32.9 Å². The summed E-state index contributed by atoms with van der Waals surface area (Å²) in [6.07, 6.45) is 0. The molecule has 1 aliphatic rings. The monoisotopic (exact) mass is 282 g/mol. The van der Waals surface area contributed by atoms with Gasteiger partial charge in [-0.3, -0.25) is 9.80 Å². The van der Waals surface area contributed by atoms with E-state index in [1.165, 1.54) is 0 Å². The molecule has 2 atom stereocenters. The Bertz CT molecular complexity index is 438. The molecule has 0 aromatic heterocycles. The molecule has 1 aromatic rings. The van der Waals surface area contributed by atoms with Gasteiger partial charge in [0.15, 0.2) is 0 Å². The Morgan fingerprint density at radius 3 is 2.79 bits per heavy atom. The minimum Gasteiger partial charge on any atom is -0.508 e. The van der Waals surface area contributed by atoms with Crippen molar-refractivity contribution in [1.82, 2.24) is 9.80 Å². The summed E-state index contributed by atoms with van der Waals surface area (Å²) >= 11 is 6.04. The molecule has 4 heteroatoms. The topological polar surface area (TPSA) is 26.7 Å². The minimum atomic E-state index is 0.195. The van der Waals surface area contributed by atoms with Crippen LogP contribution < -0.4 is 0 Å². The van der Waals surface area contributed by atoms with Gasteiger partial charge >= 0.3 is 0 Å². The van der Waals surface area contributed by atoms with Crippen molar-refractivity contribution in [3.05, 3.63) is 28.8 Å². The van der Waals surface area contributed by atoms with Crippen LogP contribution in [0.5, 0.6) is 5.75 Å². The smallest absolute Gasteiger partial charge is 0.120 e. The van der Waals surface area contributed by atoms with E-state index in [0.717, 1.165) is 31.7 Å². The third kappa shape index (κ3) is 3.22. The van der Waals surface area contributed by atoms with Crippen LogP contribution in [0.15, 0.2) is 18.2 Å². The average Bonchev–Trinajstić information content (AvgIpc) is 2.40. The Hall–Kier alpha value is -0.770. The van der Waals surface area contributed by atoms with Crippen LogP contribution >= 0.6 is 11.6 Å². The van der Waals surface area contributed by atoms with Crippen LogP contribution in [-0.2, 0) is 0 Å². The van der Waals surface area contributed by atoms with E-state index in [-0.39, 0.29) is 6.04 Å². The molecule has 1 N–H and O–H groups in total. The van der Waals surface area contributed by atoms with Crippen molar-refractivity contribution in [2.75, 3.05) is 26.2 Å². The summed E-state index contributed by atoms with van der Waals surface area (Å²) in [4.78, 5) is 4.91. The van der Waals surface area contributed by atoms with Gasteiger partial charge in [-0.25, -0.2) is 0 Å². The maximum Gasteiger partial charge on any atom is 0.120 e. The van der Waals surface area contributed by atoms with E-state index < -0.39 is 0 Å². The zero-order chi connectivity index (χ0) is 14.0. The number of benzene rings is 1. The number of hydrogen-bond donors (Lipinski definition) is 1. The lowest BCUT2D eigenvalue weighted by Gasteiger charge is -2.42. The molecule has 2 unspecified atom stereocenters. The Labute approximate surface area is 120 Å². The van der Waals surface area contributed by atoms with Crippen LogP contribution in [0.1, 0.15) is 32.4 Å². The summed E-state index contributed by atoms with van der Waals surface area (Å²) in [6, 6.07) is 6.03. The lowest BCUT2D eigenvalue weighted by molar-refractivity contribution is 0.0629. The number of phenolic OH excluding ortho intramolecular Hbond substituents is 1. The second-order valence-electron chi connectivity index (χ2n) is 5.35. The predicted octanol–water partition coefficient (Wildman–Crippen LogP) is 3.13. The first-order chi connectivity index (χ1) is 9.02. The molecule has 1 saturated heterocycles. The van der Waals surface area contributed by atoms with E-state index in [4.69, 9.17) is 11.6 Å². The fourth-order valence-corrected chi connectivity index (χ4v) is 3.08. The lowest BCUT2D eigenvalue weighted by Crippen LogP contribution is -2.52. The molecule has 0 spiro atoms. The third-order valence-electron chi connectivity index (χ3n) is 4.19. The highest BCUT2D eigenvalue weighted by Gasteiger charge is 2.27. The van der Waals surface area contributed by atoms with Crippen LogP contribution in [0.25, 0.3) is 0 Å². The number of halogens is 1. The quantitative estimate of drug-likeness (QED) is 0.923. The van der Waals surface area contributed by atoms with Gasteiger partial charge in [0.25, 0.3) is 0 Å². The fourth-order valence-electron chi connectivity index (χ4n) is 2.90. The van der Waals surface area contributed by atoms with Crippen LogP contribution in [0.2, 0.25) is 5.02 Å². The number of hydrogen-bond acceptors (Lipinski definition) is 3. The normalized spacial score (nSPS) is 23.5. The zero-order valence-corrected chi connectivity index (χ0v) is 12.7. The second-order valence-corrected chi connectivity index (χ2v) is 5.79. The molecule has 0 amide bonds. The van der Waals surface area contributed by atoms with Gasteiger partial charge in [0.05, 0.1) is 0 Å². The Kier molecular flexibility index (Phi) is 4.71. The highest BCUT2D eigenvalue weighted by atomic mass is 35.5. The van der Waals surface area contributed by atoms with Gasteiger partial charge in [-0.15, -0.1) is 0 Å². The van der Waals surface area contributed by atoms with Gasteiger partial charge in [-0.1, -0.05) is 18.5 Å². The van der Waals surface area contributed by atoms with E-state index >= 15 is 0 Å². The van der Waals surface area contributed by atoms with Gasteiger partial charge in [0, 0.05) is 42.3 Å². The maximum atomic E-state index is 10.0. The summed E-state index contributed by atoms with van der Waals surface area (Å²) in [6.45, 7) is 10.9. The number of likely N-dealkylation sites (N-methyl/N-ethyl adjacent to an activating group) is 1. The van der Waals surface area contributed by atoms with Crippen molar-refractivity contribution in [3.8, 4) is 5.75 Å². The highest BCUT2D eigenvalue weighted by Crippen LogP contribution is 2.31. The third-order valence-corrected chi connectivity index (χ3v) is 4.43. The Morgan fingerprint density at radius 1 is 1.42 bits per heavy atom. The van der Waals surface area contributed by atoms with Gasteiger partial charge in [0.2, 0.25) is 0 Å². The molecule has 106 valence electrons. The van der Waals surface area contributed by atoms with E-state index in [9.17, 15) is 5.11 Å². The summed E-state index contributed by atoms with van der Waals surface area (Å²) < 4.78 is 0. The predicted molar refractivity (Wildman–Crippen MR) is 79.8 cm³/mol. The average molecular weight is 283 g/mol. The first-order valence-electron chi connectivity index (χ1n) is 6.99. The molecular weight excluding hydrogens is 260 g/mol. The number of rotatable bonds is 3. The van der Waals surface area contributed by atoms with Crippen molar-refractivity contribution < 1.29 is 5.11 Å². The maximum absolute atomic E-state index is 10.0. The first-order valence-corrected chi connectivity index (χ1v) is 7.37. The Balaban J connectivity index is 2.12. The minimum absolute atomic E-state index is 0.195. The molecule has 0 bridgehead atoms. The van der Waals surface area contributed by atoms with Crippen LogP contribution in [0.4, 0.5) is 0 Å². The van der Waals surface area contributed by atoms with Gasteiger partial charge < -0.3 is 5.11 Å². The molecule has 0 saturated carbocycles.